The van der Waals surface area contributed by atoms with Crippen LogP contribution in [0.4, 0.5) is 0 Å². The van der Waals surface area contributed by atoms with Crippen LogP contribution in [0.5, 0.6) is 0 Å². The molecule has 0 unspecified atom stereocenters. The van der Waals surface area contributed by atoms with Crippen LogP contribution < -0.4 is 5.32 Å². The third kappa shape index (κ3) is 6.19. The van der Waals surface area contributed by atoms with Crippen molar-refractivity contribution >= 4 is 33.2 Å². The Bertz CT molecular complexity index is 352. The third-order valence-electron chi connectivity index (χ3n) is 2.17. The van der Waals surface area contributed by atoms with Gasteiger partial charge in [-0.25, -0.2) is 0 Å². The summed E-state index contributed by atoms with van der Waals surface area (Å²) in [6.07, 6.45) is 1.06. The lowest BCUT2D eigenvalue weighted by atomic mass is 10.1. The first-order valence-corrected chi connectivity index (χ1v) is 7.32. The normalized spacial score (nSPS) is 10.8. The number of hydrogen-bond acceptors (Lipinski definition) is 3. The van der Waals surface area contributed by atoms with Gasteiger partial charge in [0.1, 0.15) is 0 Å². The van der Waals surface area contributed by atoms with Gasteiger partial charge in [-0.1, -0.05) is 13.8 Å². The van der Waals surface area contributed by atoms with Crippen molar-refractivity contribution in [3.05, 3.63) is 20.8 Å². The molecule has 1 aromatic heterocycles. The molecule has 0 aromatic carbocycles. The molecule has 3 nitrogen and oxygen atoms in total. The van der Waals surface area contributed by atoms with Crippen molar-refractivity contribution in [1.29, 1.82) is 0 Å². The molecule has 96 valence electrons. The van der Waals surface area contributed by atoms with Gasteiger partial charge in [0, 0.05) is 13.2 Å². The van der Waals surface area contributed by atoms with Crippen molar-refractivity contribution < 1.29 is 9.53 Å². The standard InChI is InChI=1S/C12H18BrNO2S/c1-9(2)5-7-16-8-6-14-12(15)10-3-4-11(13)17-10/h3-4,9H,5-8H2,1-2H3,(H,14,15). The fourth-order valence-corrected chi connectivity index (χ4v) is 2.48. The molecule has 0 saturated heterocycles. The first kappa shape index (κ1) is 14.7. The van der Waals surface area contributed by atoms with Gasteiger partial charge >= 0.3 is 0 Å². The highest BCUT2D eigenvalue weighted by atomic mass is 79.9. The van der Waals surface area contributed by atoms with Gasteiger partial charge in [-0.15, -0.1) is 11.3 Å². The van der Waals surface area contributed by atoms with Gasteiger partial charge in [0.15, 0.2) is 0 Å². The summed E-state index contributed by atoms with van der Waals surface area (Å²) in [5, 5.41) is 2.83. The van der Waals surface area contributed by atoms with Crippen molar-refractivity contribution in [1.82, 2.24) is 5.32 Å². The summed E-state index contributed by atoms with van der Waals surface area (Å²) in [5.74, 6) is 0.626. The summed E-state index contributed by atoms with van der Waals surface area (Å²) in [4.78, 5) is 12.3. The molecule has 0 fully saturated rings. The second-order valence-corrected chi connectivity index (χ2v) is 6.62. The quantitative estimate of drug-likeness (QED) is 0.783. The first-order valence-electron chi connectivity index (χ1n) is 5.71. The molecule has 0 bridgehead atoms. The van der Waals surface area contributed by atoms with Gasteiger partial charge in [-0.05, 0) is 40.4 Å². The summed E-state index contributed by atoms with van der Waals surface area (Å²) in [7, 11) is 0. The molecule has 17 heavy (non-hydrogen) atoms. The Balaban J connectivity index is 2.09. The molecule has 0 aliphatic rings. The zero-order valence-corrected chi connectivity index (χ0v) is 12.6. The van der Waals surface area contributed by atoms with Crippen LogP contribution in [-0.4, -0.2) is 25.7 Å². The zero-order valence-electron chi connectivity index (χ0n) is 10.2. The van der Waals surface area contributed by atoms with Crippen LogP contribution >= 0.6 is 27.3 Å². The van der Waals surface area contributed by atoms with E-state index in [9.17, 15) is 4.79 Å². The van der Waals surface area contributed by atoms with Crippen LogP contribution in [0.25, 0.3) is 0 Å². The molecule has 0 atom stereocenters. The van der Waals surface area contributed by atoms with Crippen molar-refractivity contribution in [2.24, 2.45) is 5.92 Å². The van der Waals surface area contributed by atoms with Gasteiger partial charge in [0.2, 0.25) is 0 Å². The minimum atomic E-state index is -0.0341. The maximum absolute atomic E-state index is 11.6. The Morgan fingerprint density at radius 2 is 2.24 bits per heavy atom. The molecule has 1 heterocycles. The molecule has 5 heteroatoms. The predicted molar refractivity (Wildman–Crippen MR) is 74.6 cm³/mol. The van der Waals surface area contributed by atoms with Crippen LogP contribution in [0.1, 0.15) is 29.9 Å². The molecule has 1 aromatic rings. The highest BCUT2D eigenvalue weighted by molar-refractivity contribution is 9.11. The first-order chi connectivity index (χ1) is 8.09. The number of halogens is 1. The molecule has 0 aliphatic carbocycles. The average Bonchev–Trinajstić information content (AvgIpc) is 2.69. The van der Waals surface area contributed by atoms with Crippen molar-refractivity contribution in [3.8, 4) is 0 Å². The molecule has 1 rings (SSSR count). The second-order valence-electron chi connectivity index (χ2n) is 4.15. The van der Waals surface area contributed by atoms with E-state index < -0.39 is 0 Å². The Morgan fingerprint density at radius 3 is 2.82 bits per heavy atom. The van der Waals surface area contributed by atoms with Crippen molar-refractivity contribution in [3.63, 3.8) is 0 Å². The second kappa shape index (κ2) is 7.84. The minimum Gasteiger partial charge on any atom is -0.380 e. The van der Waals surface area contributed by atoms with Crippen molar-refractivity contribution in [2.45, 2.75) is 20.3 Å². The number of carbonyl (C=O) groups excluding carboxylic acids is 1. The predicted octanol–water partition coefficient (Wildman–Crippen LogP) is 3.30. The highest BCUT2D eigenvalue weighted by Gasteiger charge is 2.07. The zero-order chi connectivity index (χ0) is 12.7. The number of rotatable bonds is 7. The van der Waals surface area contributed by atoms with E-state index in [1.54, 1.807) is 0 Å². The van der Waals surface area contributed by atoms with E-state index in [1.807, 2.05) is 12.1 Å². The van der Waals surface area contributed by atoms with Gasteiger partial charge in [0.05, 0.1) is 15.3 Å². The summed E-state index contributed by atoms with van der Waals surface area (Å²) >= 11 is 4.76. The molecule has 1 amide bonds. The Kier molecular flexibility index (Phi) is 6.77. The molecule has 0 aliphatic heterocycles. The number of thiophene rings is 1. The lowest BCUT2D eigenvalue weighted by Crippen LogP contribution is -2.26. The van der Waals surface area contributed by atoms with Crippen LogP contribution in [-0.2, 0) is 4.74 Å². The van der Waals surface area contributed by atoms with E-state index in [0.29, 0.717) is 19.1 Å². The molecular weight excluding hydrogens is 302 g/mol. The average molecular weight is 320 g/mol. The summed E-state index contributed by atoms with van der Waals surface area (Å²) in [5.41, 5.74) is 0. The van der Waals surface area contributed by atoms with Crippen LogP contribution in [0, 0.1) is 5.92 Å². The SMILES string of the molecule is CC(C)CCOCCNC(=O)c1ccc(Br)s1. The number of ether oxygens (including phenoxy) is 1. The Morgan fingerprint density at radius 1 is 1.47 bits per heavy atom. The van der Waals surface area contributed by atoms with E-state index in [0.717, 1.165) is 21.7 Å². The van der Waals surface area contributed by atoms with E-state index in [1.165, 1.54) is 11.3 Å². The monoisotopic (exact) mass is 319 g/mol. The number of amides is 1. The van der Waals surface area contributed by atoms with Crippen LogP contribution in [0.15, 0.2) is 15.9 Å². The largest absolute Gasteiger partial charge is 0.380 e. The Hall–Kier alpha value is -0.390. The summed E-state index contributed by atoms with van der Waals surface area (Å²) < 4.78 is 6.38. The highest BCUT2D eigenvalue weighted by Crippen LogP contribution is 2.21. The lowest BCUT2D eigenvalue weighted by Gasteiger charge is -2.07. The summed E-state index contributed by atoms with van der Waals surface area (Å²) in [6, 6.07) is 3.68. The van der Waals surface area contributed by atoms with Gasteiger partial charge < -0.3 is 10.1 Å². The van der Waals surface area contributed by atoms with Crippen LogP contribution in [0.3, 0.4) is 0 Å². The lowest BCUT2D eigenvalue weighted by molar-refractivity contribution is 0.0909. The van der Waals surface area contributed by atoms with E-state index in [-0.39, 0.29) is 5.91 Å². The molecule has 0 radical (unpaired) electrons. The third-order valence-corrected chi connectivity index (χ3v) is 3.79. The maximum Gasteiger partial charge on any atom is 0.261 e. The van der Waals surface area contributed by atoms with Crippen LogP contribution in [0.2, 0.25) is 0 Å². The van der Waals surface area contributed by atoms with E-state index in [4.69, 9.17) is 4.74 Å². The van der Waals surface area contributed by atoms with Crippen molar-refractivity contribution in [2.75, 3.05) is 19.8 Å². The fraction of sp³-hybridized carbons (Fsp3) is 0.583. The smallest absolute Gasteiger partial charge is 0.261 e. The van der Waals surface area contributed by atoms with E-state index >= 15 is 0 Å². The van der Waals surface area contributed by atoms with Gasteiger partial charge in [-0.3, -0.25) is 4.79 Å². The topological polar surface area (TPSA) is 38.3 Å². The fourth-order valence-electron chi connectivity index (χ4n) is 1.18. The number of nitrogens with one attached hydrogen (secondary N) is 1. The summed E-state index contributed by atoms with van der Waals surface area (Å²) in [6.45, 7) is 6.23. The van der Waals surface area contributed by atoms with E-state index in [2.05, 4.69) is 35.1 Å². The molecule has 0 saturated carbocycles. The molecule has 0 spiro atoms. The number of hydrogen-bond donors (Lipinski definition) is 1. The maximum atomic E-state index is 11.6. The van der Waals surface area contributed by atoms with Gasteiger partial charge in [-0.2, -0.15) is 0 Å². The number of carbonyl (C=O) groups is 1. The van der Waals surface area contributed by atoms with Gasteiger partial charge in [0.25, 0.3) is 5.91 Å². The minimum absolute atomic E-state index is 0.0341. The Labute approximate surface area is 115 Å². The molecule has 1 N–H and O–H groups in total. The molecular formula is C12H18BrNO2S.